The molecule has 0 bridgehead atoms. The molecule has 242 valence electrons. The maximum atomic E-state index is 3.84. The van der Waals surface area contributed by atoms with Crippen molar-refractivity contribution in [3.8, 4) is 16.8 Å². The Balaban J connectivity index is 1.14. The third kappa shape index (κ3) is 4.36. The second-order valence-electron chi connectivity index (χ2n) is 14.3. The van der Waals surface area contributed by atoms with Gasteiger partial charge in [0.1, 0.15) is 0 Å². The molecule has 2 atom stereocenters. The summed E-state index contributed by atoms with van der Waals surface area (Å²) in [5.41, 5.74) is 12.7. The summed E-state index contributed by atoms with van der Waals surface area (Å²) in [5, 5.41) is 16.7. The molecule has 1 saturated heterocycles. The van der Waals surface area contributed by atoms with E-state index in [1.807, 2.05) is 0 Å². The maximum absolute atomic E-state index is 3.84. The van der Waals surface area contributed by atoms with Gasteiger partial charge < -0.3 is 4.57 Å². The van der Waals surface area contributed by atoms with Crippen LogP contribution in [0.3, 0.4) is 0 Å². The van der Waals surface area contributed by atoms with Gasteiger partial charge in [-0.3, -0.25) is 16.0 Å². The lowest BCUT2D eigenvalue weighted by molar-refractivity contribution is 0.203. The molecule has 1 fully saturated rings. The molecule has 0 amide bonds. The van der Waals surface area contributed by atoms with Gasteiger partial charge in [-0.2, -0.15) is 0 Å². The lowest BCUT2D eigenvalue weighted by Crippen LogP contribution is -2.54. The second-order valence-corrected chi connectivity index (χ2v) is 14.3. The third-order valence-corrected chi connectivity index (χ3v) is 11.1. The number of nitrogens with zero attached hydrogens (tertiary/aromatic N) is 1. The van der Waals surface area contributed by atoms with Crippen molar-refractivity contribution in [1.82, 2.24) is 20.5 Å². The van der Waals surface area contributed by atoms with Gasteiger partial charge in [0.15, 0.2) is 0 Å². The van der Waals surface area contributed by atoms with Gasteiger partial charge in [0.25, 0.3) is 0 Å². The normalized spacial score (nSPS) is 19.5. The number of benzene rings is 7. The Morgan fingerprint density at radius 1 is 0.480 bits per heavy atom. The summed E-state index contributed by atoms with van der Waals surface area (Å²) >= 11 is 0. The molecular weight excluding hydrogens is 609 g/mol. The van der Waals surface area contributed by atoms with Crippen molar-refractivity contribution in [2.24, 2.45) is 0 Å². The first-order valence-electron chi connectivity index (χ1n) is 17.6. The predicted octanol–water partition coefficient (Wildman–Crippen LogP) is 10.4. The lowest BCUT2D eigenvalue weighted by atomic mass is 9.79. The molecule has 50 heavy (non-hydrogen) atoms. The molecule has 1 aliphatic carbocycles. The molecule has 1 aromatic heterocycles. The van der Waals surface area contributed by atoms with Gasteiger partial charge in [-0.1, -0.05) is 153 Å². The molecule has 0 spiro atoms. The van der Waals surface area contributed by atoms with Crippen LogP contribution in [-0.2, 0) is 5.41 Å². The van der Waals surface area contributed by atoms with E-state index in [4.69, 9.17) is 0 Å². The summed E-state index contributed by atoms with van der Waals surface area (Å²) in [4.78, 5) is 0. The first-order valence-corrected chi connectivity index (χ1v) is 17.6. The number of nitrogens with one attached hydrogen (secondary N) is 3. The van der Waals surface area contributed by atoms with E-state index in [0.29, 0.717) is 0 Å². The third-order valence-electron chi connectivity index (χ3n) is 11.1. The van der Waals surface area contributed by atoms with Crippen LogP contribution >= 0.6 is 0 Å². The van der Waals surface area contributed by atoms with Gasteiger partial charge in [0, 0.05) is 27.3 Å². The summed E-state index contributed by atoms with van der Waals surface area (Å²) in [7, 11) is 0. The van der Waals surface area contributed by atoms with E-state index >= 15 is 0 Å². The van der Waals surface area contributed by atoms with Crippen LogP contribution in [-0.4, -0.2) is 4.57 Å². The Labute approximate surface area is 292 Å². The molecular formula is C46H38N4. The Hall–Kier alpha value is -5.52. The summed E-state index contributed by atoms with van der Waals surface area (Å²) in [6.07, 6.45) is -0.0720. The molecule has 2 unspecified atom stereocenters. The number of rotatable bonds is 4. The minimum Gasteiger partial charge on any atom is -0.309 e. The molecule has 4 heteroatoms. The average molecular weight is 647 g/mol. The standard InChI is InChI=1S/C46H38N4/c1-46(2)37-23-13-11-21-35(37)39-40-36-22-12-14-24-38(36)50(42(40)34-20-10-9-19-33(34)41(39)46)32-27-25-31(26-28-32)45-48-43(29-15-5-3-6-16-29)47-44(49-45)30-17-7-4-8-18-30/h3-28,43-45,47-49H,1-2H3. The van der Waals surface area contributed by atoms with Crippen molar-refractivity contribution in [2.45, 2.75) is 37.8 Å². The van der Waals surface area contributed by atoms with E-state index in [0.717, 1.165) is 5.69 Å². The topological polar surface area (TPSA) is 41.0 Å². The van der Waals surface area contributed by atoms with Crippen LogP contribution in [0.5, 0.6) is 0 Å². The van der Waals surface area contributed by atoms with Crippen molar-refractivity contribution in [2.75, 3.05) is 0 Å². The highest BCUT2D eigenvalue weighted by Crippen LogP contribution is 2.56. The van der Waals surface area contributed by atoms with Crippen molar-refractivity contribution in [3.05, 3.63) is 186 Å². The molecule has 1 aliphatic heterocycles. The van der Waals surface area contributed by atoms with Crippen LogP contribution in [0.4, 0.5) is 0 Å². The number of hydrogen-bond acceptors (Lipinski definition) is 3. The molecule has 10 rings (SSSR count). The molecule has 4 nitrogen and oxygen atoms in total. The zero-order chi connectivity index (χ0) is 33.4. The highest BCUT2D eigenvalue weighted by atomic mass is 15.4. The van der Waals surface area contributed by atoms with E-state index in [9.17, 15) is 0 Å². The van der Waals surface area contributed by atoms with Gasteiger partial charge in [0.05, 0.1) is 29.5 Å². The highest BCUT2D eigenvalue weighted by Gasteiger charge is 2.39. The van der Waals surface area contributed by atoms with Crippen LogP contribution in [0.25, 0.3) is 49.4 Å². The lowest BCUT2D eigenvalue weighted by Gasteiger charge is -2.39. The smallest absolute Gasteiger partial charge is 0.0864 e. The van der Waals surface area contributed by atoms with Crippen LogP contribution in [0.2, 0.25) is 0 Å². The Morgan fingerprint density at radius 3 is 1.62 bits per heavy atom. The van der Waals surface area contributed by atoms with Crippen LogP contribution in [0.15, 0.2) is 158 Å². The van der Waals surface area contributed by atoms with Crippen molar-refractivity contribution in [1.29, 1.82) is 0 Å². The van der Waals surface area contributed by atoms with Crippen molar-refractivity contribution < 1.29 is 0 Å². The van der Waals surface area contributed by atoms with Gasteiger partial charge in [-0.05, 0) is 62.5 Å². The molecule has 0 radical (unpaired) electrons. The number of fused-ring (bicyclic) bond motifs is 10. The first kappa shape index (κ1) is 29.4. The second kappa shape index (κ2) is 11.3. The minimum atomic E-state index is -0.103. The molecule has 2 aliphatic rings. The Bertz CT molecular complexity index is 2500. The van der Waals surface area contributed by atoms with Gasteiger partial charge >= 0.3 is 0 Å². The first-order chi connectivity index (χ1) is 24.6. The van der Waals surface area contributed by atoms with Gasteiger partial charge in [-0.15, -0.1) is 0 Å². The van der Waals surface area contributed by atoms with Gasteiger partial charge in [0.2, 0.25) is 0 Å². The van der Waals surface area contributed by atoms with E-state index in [2.05, 4.69) is 192 Å². The fraction of sp³-hybridized carbons (Fsp3) is 0.130. The minimum absolute atomic E-state index is 0.00902. The zero-order valence-corrected chi connectivity index (χ0v) is 28.2. The summed E-state index contributed by atoms with van der Waals surface area (Å²) in [6, 6.07) is 57.4. The predicted molar refractivity (Wildman–Crippen MR) is 206 cm³/mol. The zero-order valence-electron chi connectivity index (χ0n) is 28.2. The molecule has 3 N–H and O–H groups in total. The number of aromatic nitrogens is 1. The van der Waals surface area contributed by atoms with E-state index in [-0.39, 0.29) is 23.9 Å². The number of para-hydroxylation sites is 1. The van der Waals surface area contributed by atoms with Crippen LogP contribution < -0.4 is 16.0 Å². The largest absolute Gasteiger partial charge is 0.309 e. The van der Waals surface area contributed by atoms with E-state index < -0.39 is 0 Å². The fourth-order valence-corrected chi connectivity index (χ4v) is 8.81. The quantitative estimate of drug-likeness (QED) is 0.178. The summed E-state index contributed by atoms with van der Waals surface area (Å²) < 4.78 is 2.49. The van der Waals surface area contributed by atoms with Gasteiger partial charge in [-0.25, -0.2) is 0 Å². The van der Waals surface area contributed by atoms with Crippen molar-refractivity contribution in [3.63, 3.8) is 0 Å². The molecule has 0 saturated carbocycles. The summed E-state index contributed by atoms with van der Waals surface area (Å²) in [5.74, 6) is 0. The van der Waals surface area contributed by atoms with Crippen molar-refractivity contribution >= 4 is 32.6 Å². The van der Waals surface area contributed by atoms with E-state index in [1.54, 1.807) is 0 Å². The van der Waals surface area contributed by atoms with Crippen LogP contribution in [0.1, 0.15) is 60.2 Å². The number of hydrogen-bond donors (Lipinski definition) is 3. The molecule has 8 aromatic rings. The van der Waals surface area contributed by atoms with E-state index in [1.165, 1.54) is 71.5 Å². The Morgan fingerprint density at radius 2 is 0.980 bits per heavy atom. The average Bonchev–Trinajstić information content (AvgIpc) is 3.65. The molecule has 7 aromatic carbocycles. The van der Waals surface area contributed by atoms with Crippen LogP contribution in [0, 0.1) is 0 Å². The maximum Gasteiger partial charge on any atom is 0.0864 e. The Kier molecular flexibility index (Phi) is 6.62. The SMILES string of the molecule is CC1(C)c2ccccc2-c2c1c1ccccc1c1c2c2ccccc2n1-c1ccc(C2NC(c3ccccc3)NC(c3ccccc3)N2)cc1. The molecule has 2 heterocycles. The highest BCUT2D eigenvalue weighted by molar-refractivity contribution is 6.26. The monoisotopic (exact) mass is 646 g/mol. The fourth-order valence-electron chi connectivity index (χ4n) is 8.81. The summed E-state index contributed by atoms with van der Waals surface area (Å²) in [6.45, 7) is 4.78.